The summed E-state index contributed by atoms with van der Waals surface area (Å²) in [5, 5.41) is 12.1. The first-order valence-electron chi connectivity index (χ1n) is 6.15. The zero-order valence-corrected chi connectivity index (χ0v) is 10.8. The summed E-state index contributed by atoms with van der Waals surface area (Å²) in [5.41, 5.74) is -0.616. The Morgan fingerprint density at radius 3 is 2.65 bits per heavy atom. The topological polar surface area (TPSA) is 69.6 Å². The molecule has 1 aliphatic rings. The second kappa shape index (κ2) is 5.49. The number of carboxylic acid groups (broad SMARTS) is 1. The van der Waals surface area contributed by atoms with E-state index in [-0.39, 0.29) is 5.91 Å². The van der Waals surface area contributed by atoms with Crippen LogP contribution in [-0.2, 0) is 9.59 Å². The molecule has 0 aromatic rings. The standard InChI is InChI=1S/C12H22N2O3/c1-4-13-12(2,3)11(17)14-7-5-6-9(8-14)10(15)16/h9,13H,4-8H2,1-3H3,(H,15,16)/t9-/m1/s1. The van der Waals surface area contributed by atoms with Crippen LogP contribution < -0.4 is 5.32 Å². The molecule has 5 nitrogen and oxygen atoms in total. The molecule has 0 unspecified atom stereocenters. The van der Waals surface area contributed by atoms with Crippen molar-refractivity contribution < 1.29 is 14.7 Å². The van der Waals surface area contributed by atoms with Gasteiger partial charge in [-0.05, 0) is 33.2 Å². The monoisotopic (exact) mass is 242 g/mol. The van der Waals surface area contributed by atoms with E-state index >= 15 is 0 Å². The molecule has 1 aliphatic heterocycles. The smallest absolute Gasteiger partial charge is 0.308 e. The van der Waals surface area contributed by atoms with Crippen LogP contribution in [0.15, 0.2) is 0 Å². The van der Waals surface area contributed by atoms with Gasteiger partial charge in [-0.2, -0.15) is 0 Å². The largest absolute Gasteiger partial charge is 0.481 e. The van der Waals surface area contributed by atoms with Crippen LogP contribution >= 0.6 is 0 Å². The van der Waals surface area contributed by atoms with Crippen LogP contribution in [0.25, 0.3) is 0 Å². The van der Waals surface area contributed by atoms with Gasteiger partial charge in [0.25, 0.3) is 0 Å². The number of hydrogen-bond donors (Lipinski definition) is 2. The maximum Gasteiger partial charge on any atom is 0.308 e. The van der Waals surface area contributed by atoms with Crippen LogP contribution in [0.2, 0.25) is 0 Å². The lowest BCUT2D eigenvalue weighted by Gasteiger charge is -2.36. The van der Waals surface area contributed by atoms with Gasteiger partial charge < -0.3 is 15.3 Å². The van der Waals surface area contributed by atoms with Crippen molar-refractivity contribution in [1.29, 1.82) is 0 Å². The quantitative estimate of drug-likeness (QED) is 0.761. The molecule has 17 heavy (non-hydrogen) atoms. The number of amides is 1. The molecule has 98 valence electrons. The van der Waals surface area contributed by atoms with Crippen molar-refractivity contribution in [2.75, 3.05) is 19.6 Å². The van der Waals surface area contributed by atoms with Crippen molar-refractivity contribution in [3.63, 3.8) is 0 Å². The highest BCUT2D eigenvalue weighted by atomic mass is 16.4. The number of carbonyl (C=O) groups is 2. The zero-order valence-electron chi connectivity index (χ0n) is 10.8. The lowest BCUT2D eigenvalue weighted by molar-refractivity contribution is -0.147. The van der Waals surface area contributed by atoms with Crippen LogP contribution in [0.1, 0.15) is 33.6 Å². The molecule has 0 saturated carbocycles. The SMILES string of the molecule is CCNC(C)(C)C(=O)N1CCC[C@@H](C(=O)O)C1. The Morgan fingerprint density at radius 1 is 1.47 bits per heavy atom. The summed E-state index contributed by atoms with van der Waals surface area (Å²) in [6.07, 6.45) is 1.44. The van der Waals surface area contributed by atoms with E-state index in [9.17, 15) is 9.59 Å². The highest BCUT2D eigenvalue weighted by Gasteiger charge is 2.35. The van der Waals surface area contributed by atoms with Gasteiger partial charge in [0, 0.05) is 13.1 Å². The number of piperidine rings is 1. The van der Waals surface area contributed by atoms with Gasteiger partial charge in [-0.1, -0.05) is 6.92 Å². The summed E-state index contributed by atoms with van der Waals surface area (Å²) in [7, 11) is 0. The van der Waals surface area contributed by atoms with E-state index in [1.807, 2.05) is 20.8 Å². The van der Waals surface area contributed by atoms with Crippen molar-refractivity contribution in [1.82, 2.24) is 10.2 Å². The molecule has 0 aliphatic carbocycles. The maximum atomic E-state index is 12.2. The summed E-state index contributed by atoms with van der Waals surface area (Å²) < 4.78 is 0. The minimum absolute atomic E-state index is 0.00898. The summed E-state index contributed by atoms with van der Waals surface area (Å²) in [6.45, 7) is 7.34. The van der Waals surface area contributed by atoms with Crippen molar-refractivity contribution in [3.8, 4) is 0 Å². The molecule has 0 aromatic heterocycles. The lowest BCUT2D eigenvalue weighted by atomic mass is 9.95. The minimum atomic E-state index is -0.802. The Balaban J connectivity index is 2.66. The molecule has 1 amide bonds. The Hall–Kier alpha value is -1.10. The molecule has 0 radical (unpaired) electrons. The van der Waals surface area contributed by atoms with E-state index in [2.05, 4.69) is 5.32 Å². The van der Waals surface area contributed by atoms with Crippen molar-refractivity contribution in [3.05, 3.63) is 0 Å². The third kappa shape index (κ3) is 3.43. The first kappa shape index (κ1) is 14.0. The fourth-order valence-corrected chi connectivity index (χ4v) is 2.28. The molecule has 1 atom stereocenters. The molecule has 2 N–H and O–H groups in total. The Kier molecular flexibility index (Phi) is 4.51. The van der Waals surface area contributed by atoms with Gasteiger partial charge in [-0.3, -0.25) is 9.59 Å². The average Bonchev–Trinajstić information content (AvgIpc) is 2.28. The normalized spacial score (nSPS) is 21.4. The molecule has 0 bridgehead atoms. The number of likely N-dealkylation sites (tertiary alicyclic amines) is 1. The number of hydrogen-bond acceptors (Lipinski definition) is 3. The second-order valence-corrected chi connectivity index (χ2v) is 5.08. The third-order valence-corrected chi connectivity index (χ3v) is 3.21. The van der Waals surface area contributed by atoms with Gasteiger partial charge in [-0.15, -0.1) is 0 Å². The van der Waals surface area contributed by atoms with Gasteiger partial charge in [0.05, 0.1) is 11.5 Å². The van der Waals surface area contributed by atoms with Gasteiger partial charge in [0.1, 0.15) is 0 Å². The van der Waals surface area contributed by atoms with E-state index in [4.69, 9.17) is 5.11 Å². The van der Waals surface area contributed by atoms with Gasteiger partial charge in [0.15, 0.2) is 0 Å². The second-order valence-electron chi connectivity index (χ2n) is 5.08. The average molecular weight is 242 g/mol. The van der Waals surface area contributed by atoms with Crippen LogP contribution in [0.4, 0.5) is 0 Å². The molecule has 1 heterocycles. The number of nitrogens with zero attached hydrogens (tertiary/aromatic N) is 1. The first-order chi connectivity index (χ1) is 7.88. The molecule has 0 spiro atoms. The third-order valence-electron chi connectivity index (χ3n) is 3.21. The summed E-state index contributed by atoms with van der Waals surface area (Å²) in [6, 6.07) is 0. The number of likely N-dealkylation sites (N-methyl/N-ethyl adjacent to an activating group) is 1. The highest BCUT2D eigenvalue weighted by Crippen LogP contribution is 2.19. The van der Waals surface area contributed by atoms with E-state index in [0.29, 0.717) is 19.5 Å². The number of aliphatic carboxylic acids is 1. The lowest BCUT2D eigenvalue weighted by Crippen LogP contribution is -2.56. The molecule has 0 aromatic carbocycles. The van der Waals surface area contributed by atoms with Crippen LogP contribution in [-0.4, -0.2) is 47.1 Å². The molecular weight excluding hydrogens is 220 g/mol. The van der Waals surface area contributed by atoms with Crippen molar-refractivity contribution in [2.45, 2.75) is 39.2 Å². The number of nitrogens with one attached hydrogen (secondary N) is 1. The Bertz CT molecular complexity index is 302. The number of carbonyl (C=O) groups excluding carboxylic acids is 1. The fourth-order valence-electron chi connectivity index (χ4n) is 2.28. The Labute approximate surface area is 102 Å². The Morgan fingerprint density at radius 2 is 2.12 bits per heavy atom. The van der Waals surface area contributed by atoms with Crippen LogP contribution in [0.5, 0.6) is 0 Å². The molecule has 1 saturated heterocycles. The summed E-state index contributed by atoms with van der Waals surface area (Å²) >= 11 is 0. The van der Waals surface area contributed by atoms with Crippen molar-refractivity contribution in [2.24, 2.45) is 5.92 Å². The van der Waals surface area contributed by atoms with Crippen molar-refractivity contribution >= 4 is 11.9 Å². The maximum absolute atomic E-state index is 12.2. The fraction of sp³-hybridized carbons (Fsp3) is 0.833. The van der Waals surface area contributed by atoms with E-state index in [1.165, 1.54) is 0 Å². The van der Waals surface area contributed by atoms with Crippen LogP contribution in [0.3, 0.4) is 0 Å². The van der Waals surface area contributed by atoms with Gasteiger partial charge in [0.2, 0.25) is 5.91 Å². The summed E-state index contributed by atoms with van der Waals surface area (Å²) in [4.78, 5) is 24.9. The molecule has 1 rings (SSSR count). The summed E-state index contributed by atoms with van der Waals surface area (Å²) in [5.74, 6) is -1.22. The first-order valence-corrected chi connectivity index (χ1v) is 6.15. The predicted molar refractivity (Wildman–Crippen MR) is 64.7 cm³/mol. The van der Waals surface area contributed by atoms with Gasteiger partial charge in [-0.25, -0.2) is 0 Å². The van der Waals surface area contributed by atoms with E-state index in [1.54, 1.807) is 4.90 Å². The van der Waals surface area contributed by atoms with E-state index < -0.39 is 17.4 Å². The van der Waals surface area contributed by atoms with E-state index in [0.717, 1.165) is 13.0 Å². The zero-order chi connectivity index (χ0) is 13.1. The highest BCUT2D eigenvalue weighted by molar-refractivity contribution is 5.86. The number of rotatable bonds is 4. The molecule has 5 heteroatoms. The van der Waals surface area contributed by atoms with Gasteiger partial charge >= 0.3 is 5.97 Å². The predicted octanol–water partition coefficient (Wildman–Crippen LogP) is 0.698. The molecule has 1 fully saturated rings. The van der Waals surface area contributed by atoms with Crippen LogP contribution in [0, 0.1) is 5.92 Å². The number of carboxylic acids is 1. The molecular formula is C12H22N2O3. The minimum Gasteiger partial charge on any atom is -0.481 e.